The van der Waals surface area contributed by atoms with Crippen LogP contribution in [-0.2, 0) is 11.2 Å². The van der Waals surface area contributed by atoms with E-state index in [1.54, 1.807) is 24.8 Å². The lowest BCUT2D eigenvalue weighted by atomic mass is 9.98. The average Bonchev–Trinajstić information content (AvgIpc) is 2.84. The number of nitrogens with zero attached hydrogens (tertiary/aromatic N) is 1. The van der Waals surface area contributed by atoms with Crippen molar-refractivity contribution in [2.24, 2.45) is 0 Å². The second-order valence-corrected chi connectivity index (χ2v) is 7.51. The van der Waals surface area contributed by atoms with Crippen molar-refractivity contribution in [1.82, 2.24) is 4.90 Å². The van der Waals surface area contributed by atoms with Crippen LogP contribution in [0.3, 0.4) is 0 Å². The predicted molar refractivity (Wildman–Crippen MR) is 93.0 cm³/mol. The van der Waals surface area contributed by atoms with Crippen molar-refractivity contribution in [2.75, 3.05) is 13.1 Å². The van der Waals surface area contributed by atoms with Gasteiger partial charge in [-0.05, 0) is 58.2 Å². The topological polar surface area (TPSA) is 70.0 Å². The average molecular weight is 335 g/mol. The van der Waals surface area contributed by atoms with Gasteiger partial charge in [-0.3, -0.25) is 4.79 Å². The summed E-state index contributed by atoms with van der Waals surface area (Å²) in [5, 5.41) is 19.9. The summed E-state index contributed by atoms with van der Waals surface area (Å²) in [5.74, 6) is -0.0889. The van der Waals surface area contributed by atoms with E-state index in [9.17, 15) is 15.0 Å². The molecule has 134 valence electrons. The summed E-state index contributed by atoms with van der Waals surface area (Å²) in [5.41, 5.74) is 0.916. The zero-order valence-corrected chi connectivity index (χ0v) is 15.0. The lowest BCUT2D eigenvalue weighted by Gasteiger charge is -2.19. The first kappa shape index (κ1) is 18.9. The number of benzene rings is 1. The molecule has 0 aromatic heterocycles. The van der Waals surface area contributed by atoms with E-state index in [1.165, 1.54) is 0 Å². The number of aliphatic hydroxyl groups is 2. The first-order valence-corrected chi connectivity index (χ1v) is 8.60. The number of carbonyl (C=O) groups is 1. The van der Waals surface area contributed by atoms with E-state index in [4.69, 9.17) is 4.74 Å². The molecule has 2 N–H and O–H groups in total. The van der Waals surface area contributed by atoms with Gasteiger partial charge in [0, 0.05) is 18.7 Å². The first-order chi connectivity index (χ1) is 11.2. The molecule has 1 aliphatic rings. The molecule has 5 nitrogen and oxygen atoms in total. The minimum atomic E-state index is -0.722. The second-order valence-electron chi connectivity index (χ2n) is 7.51. The normalized spacial score (nSPS) is 21.5. The molecule has 24 heavy (non-hydrogen) atoms. The largest absolute Gasteiger partial charge is 0.390 e. The molecule has 2 atom stereocenters. The molecule has 2 rings (SSSR count). The first-order valence-electron chi connectivity index (χ1n) is 8.60. The van der Waals surface area contributed by atoms with Gasteiger partial charge < -0.3 is 19.8 Å². The van der Waals surface area contributed by atoms with Crippen molar-refractivity contribution in [3.05, 3.63) is 35.4 Å². The van der Waals surface area contributed by atoms with Crippen LogP contribution < -0.4 is 0 Å². The number of ether oxygens (including phenoxy) is 1. The van der Waals surface area contributed by atoms with E-state index >= 15 is 0 Å². The highest BCUT2D eigenvalue weighted by molar-refractivity contribution is 5.94. The molecule has 0 saturated carbocycles. The Kier molecular flexibility index (Phi) is 6.01. The Hall–Kier alpha value is -1.43. The minimum absolute atomic E-state index is 0.0184. The fraction of sp³-hybridized carbons (Fsp3) is 0.632. The minimum Gasteiger partial charge on any atom is -0.390 e. The maximum atomic E-state index is 12.7. The number of aryl methyl sites for hydroxylation is 1. The van der Waals surface area contributed by atoms with E-state index in [2.05, 4.69) is 0 Å². The number of amides is 1. The molecule has 1 heterocycles. The van der Waals surface area contributed by atoms with Crippen molar-refractivity contribution in [1.29, 1.82) is 0 Å². The zero-order valence-electron chi connectivity index (χ0n) is 15.0. The van der Waals surface area contributed by atoms with Crippen molar-refractivity contribution in [2.45, 2.75) is 64.4 Å². The molecule has 1 fully saturated rings. The van der Waals surface area contributed by atoms with Gasteiger partial charge in [-0.2, -0.15) is 0 Å². The standard InChI is InChI=1S/C19H29NO4/c1-13(2)24-17-12-20(11-16(17)21)18(22)15-7-5-6-14(10-15)8-9-19(3,4)23/h5-7,10,13,16-17,21,23H,8-9,11-12H2,1-4H3/t16-,17-/m0/s1. The predicted octanol–water partition coefficient (Wildman–Crippen LogP) is 2.00. The Morgan fingerprint density at radius 3 is 2.71 bits per heavy atom. The highest BCUT2D eigenvalue weighted by atomic mass is 16.5. The fourth-order valence-corrected chi connectivity index (χ4v) is 2.90. The number of β-amino-alcohol motifs (C(OH)–C–C–N with tert-alkyl or cyclic N) is 1. The number of rotatable bonds is 6. The summed E-state index contributed by atoms with van der Waals surface area (Å²) in [6, 6.07) is 7.49. The van der Waals surface area contributed by atoms with Crippen LogP contribution in [0.4, 0.5) is 0 Å². The number of aliphatic hydroxyl groups excluding tert-OH is 1. The van der Waals surface area contributed by atoms with Crippen LogP contribution in [0, 0.1) is 0 Å². The SMILES string of the molecule is CC(C)O[C@H]1CN(C(=O)c2cccc(CCC(C)(C)O)c2)C[C@@H]1O. The Bertz CT molecular complexity index is 565. The summed E-state index contributed by atoms with van der Waals surface area (Å²) in [6.45, 7) is 8.10. The molecular weight excluding hydrogens is 306 g/mol. The zero-order chi connectivity index (χ0) is 17.9. The number of likely N-dealkylation sites (tertiary alicyclic amines) is 1. The van der Waals surface area contributed by atoms with Crippen LogP contribution in [0.2, 0.25) is 0 Å². The van der Waals surface area contributed by atoms with Gasteiger partial charge in [0.25, 0.3) is 5.91 Å². The van der Waals surface area contributed by atoms with Gasteiger partial charge in [-0.25, -0.2) is 0 Å². The number of carbonyl (C=O) groups excluding carboxylic acids is 1. The van der Waals surface area contributed by atoms with Crippen LogP contribution >= 0.6 is 0 Å². The molecule has 1 aromatic rings. The maximum Gasteiger partial charge on any atom is 0.254 e. The molecule has 0 spiro atoms. The lowest BCUT2D eigenvalue weighted by Crippen LogP contribution is -2.31. The number of hydrogen-bond acceptors (Lipinski definition) is 4. The Morgan fingerprint density at radius 1 is 1.38 bits per heavy atom. The molecule has 5 heteroatoms. The van der Waals surface area contributed by atoms with Crippen molar-refractivity contribution >= 4 is 5.91 Å². The third-order valence-corrected chi connectivity index (χ3v) is 4.17. The van der Waals surface area contributed by atoms with Crippen molar-refractivity contribution in [3.8, 4) is 0 Å². The molecule has 1 aromatic carbocycles. The molecule has 0 unspecified atom stereocenters. The van der Waals surface area contributed by atoms with Crippen LogP contribution in [0.25, 0.3) is 0 Å². The monoisotopic (exact) mass is 335 g/mol. The van der Waals surface area contributed by atoms with E-state index in [1.807, 2.05) is 32.0 Å². The van der Waals surface area contributed by atoms with E-state index < -0.39 is 11.7 Å². The van der Waals surface area contributed by atoms with Gasteiger partial charge >= 0.3 is 0 Å². The third-order valence-electron chi connectivity index (χ3n) is 4.17. The van der Waals surface area contributed by atoms with Crippen LogP contribution in [0.5, 0.6) is 0 Å². The highest BCUT2D eigenvalue weighted by Crippen LogP contribution is 2.20. The molecule has 1 saturated heterocycles. The summed E-state index contributed by atoms with van der Waals surface area (Å²) in [4.78, 5) is 14.3. The number of hydrogen-bond donors (Lipinski definition) is 2. The smallest absolute Gasteiger partial charge is 0.254 e. The van der Waals surface area contributed by atoms with Crippen molar-refractivity contribution in [3.63, 3.8) is 0 Å². The summed E-state index contributed by atoms with van der Waals surface area (Å²) in [6.07, 6.45) is 0.399. The van der Waals surface area contributed by atoms with Crippen LogP contribution in [0.1, 0.15) is 50.0 Å². The quantitative estimate of drug-likeness (QED) is 0.834. The molecule has 0 radical (unpaired) electrons. The third kappa shape index (κ3) is 5.30. The summed E-state index contributed by atoms with van der Waals surface area (Å²) < 4.78 is 5.67. The molecule has 0 aliphatic carbocycles. The van der Waals surface area contributed by atoms with Crippen molar-refractivity contribution < 1.29 is 19.7 Å². The highest BCUT2D eigenvalue weighted by Gasteiger charge is 2.35. The van der Waals surface area contributed by atoms with E-state index in [-0.39, 0.29) is 18.1 Å². The lowest BCUT2D eigenvalue weighted by molar-refractivity contribution is -0.0394. The second kappa shape index (κ2) is 7.64. The summed E-state index contributed by atoms with van der Waals surface area (Å²) in [7, 11) is 0. The van der Waals surface area contributed by atoms with Crippen LogP contribution in [-0.4, -0.2) is 58.0 Å². The van der Waals surface area contributed by atoms with Gasteiger partial charge in [-0.15, -0.1) is 0 Å². The Balaban J connectivity index is 2.02. The van der Waals surface area contributed by atoms with Gasteiger partial charge in [0.05, 0.1) is 17.8 Å². The molecule has 1 amide bonds. The maximum absolute atomic E-state index is 12.7. The Morgan fingerprint density at radius 2 is 2.08 bits per heavy atom. The Labute approximate surface area is 144 Å². The van der Waals surface area contributed by atoms with Gasteiger partial charge in [0.2, 0.25) is 0 Å². The van der Waals surface area contributed by atoms with Gasteiger partial charge in [-0.1, -0.05) is 12.1 Å². The van der Waals surface area contributed by atoms with Gasteiger partial charge in [0.15, 0.2) is 0 Å². The fourth-order valence-electron chi connectivity index (χ4n) is 2.90. The van der Waals surface area contributed by atoms with Crippen LogP contribution in [0.15, 0.2) is 24.3 Å². The molecule has 1 aliphatic heterocycles. The van der Waals surface area contributed by atoms with E-state index in [0.29, 0.717) is 31.5 Å². The van der Waals surface area contributed by atoms with Gasteiger partial charge in [0.1, 0.15) is 6.10 Å². The summed E-state index contributed by atoms with van der Waals surface area (Å²) >= 11 is 0. The molecular formula is C19H29NO4. The molecule has 0 bridgehead atoms. The van der Waals surface area contributed by atoms with E-state index in [0.717, 1.165) is 5.56 Å².